The van der Waals surface area contributed by atoms with E-state index in [0.717, 1.165) is 44.3 Å². The highest BCUT2D eigenvalue weighted by atomic mass is 19.4. The van der Waals surface area contributed by atoms with Gasteiger partial charge in [-0.3, -0.25) is 0 Å². The number of halogens is 3. The monoisotopic (exact) mass is 313 g/mol. The van der Waals surface area contributed by atoms with Crippen LogP contribution in [0.25, 0.3) is 0 Å². The van der Waals surface area contributed by atoms with Crippen molar-refractivity contribution < 1.29 is 13.2 Å². The molecule has 0 bridgehead atoms. The molecule has 0 radical (unpaired) electrons. The summed E-state index contributed by atoms with van der Waals surface area (Å²) >= 11 is 0. The van der Waals surface area contributed by atoms with Gasteiger partial charge in [0.25, 0.3) is 0 Å². The van der Waals surface area contributed by atoms with Crippen LogP contribution in [-0.4, -0.2) is 43.1 Å². The molecule has 0 amide bonds. The minimum atomic E-state index is -4.34. The average Bonchev–Trinajstić information content (AvgIpc) is 3.01. The lowest BCUT2D eigenvalue weighted by Gasteiger charge is -2.30. The number of rotatable bonds is 2. The summed E-state index contributed by atoms with van der Waals surface area (Å²) in [6, 6.07) is 1.34. The van der Waals surface area contributed by atoms with Crippen molar-refractivity contribution in [1.29, 1.82) is 0 Å². The molecule has 2 saturated heterocycles. The molecular weight excluding hydrogens is 291 g/mol. The Labute approximate surface area is 129 Å². The van der Waals surface area contributed by atoms with Gasteiger partial charge >= 0.3 is 6.18 Å². The normalized spacial score (nSPS) is 21.5. The molecule has 0 spiro atoms. The molecule has 0 atom stereocenters. The number of pyridine rings is 1. The number of nitrogens with zero attached hydrogens (tertiary/aromatic N) is 3. The predicted octanol–water partition coefficient (Wildman–Crippen LogP) is 3.51. The number of hydrogen-bond donors (Lipinski definition) is 0. The van der Waals surface area contributed by atoms with E-state index in [1.807, 2.05) is 7.05 Å². The van der Waals surface area contributed by atoms with Crippen molar-refractivity contribution in [2.45, 2.75) is 37.8 Å². The molecule has 2 fully saturated rings. The summed E-state index contributed by atoms with van der Waals surface area (Å²) in [6.45, 7) is 3.20. The smallest absolute Gasteiger partial charge is 0.356 e. The Bertz CT molecular complexity index is 516. The third-order valence-electron chi connectivity index (χ3n) is 4.79. The van der Waals surface area contributed by atoms with Crippen molar-refractivity contribution in [2.24, 2.45) is 0 Å². The topological polar surface area (TPSA) is 19.4 Å². The summed E-state index contributed by atoms with van der Waals surface area (Å²) in [5.74, 6) is 0.305. The maximum absolute atomic E-state index is 13.4. The van der Waals surface area contributed by atoms with Crippen LogP contribution in [0.2, 0.25) is 0 Å². The van der Waals surface area contributed by atoms with Crippen LogP contribution in [0.3, 0.4) is 0 Å². The van der Waals surface area contributed by atoms with Crippen molar-refractivity contribution in [2.75, 3.05) is 38.1 Å². The summed E-state index contributed by atoms with van der Waals surface area (Å²) < 4.78 is 40.3. The zero-order valence-electron chi connectivity index (χ0n) is 12.9. The lowest BCUT2D eigenvalue weighted by molar-refractivity contribution is -0.137. The SMILES string of the molecule is CN1CCC(c2cnc(N3CCCC3)c(C(F)(F)F)c2)CC1. The number of anilines is 1. The van der Waals surface area contributed by atoms with E-state index in [1.165, 1.54) is 6.07 Å². The van der Waals surface area contributed by atoms with E-state index in [2.05, 4.69) is 9.88 Å². The van der Waals surface area contributed by atoms with E-state index in [0.29, 0.717) is 13.1 Å². The van der Waals surface area contributed by atoms with E-state index >= 15 is 0 Å². The molecule has 1 aromatic rings. The molecule has 0 saturated carbocycles. The maximum atomic E-state index is 13.4. The van der Waals surface area contributed by atoms with E-state index in [4.69, 9.17) is 0 Å². The Kier molecular flexibility index (Phi) is 4.30. The quantitative estimate of drug-likeness (QED) is 0.833. The fraction of sp³-hybridized carbons (Fsp3) is 0.688. The molecule has 0 aromatic carbocycles. The third kappa shape index (κ3) is 3.21. The molecule has 0 N–H and O–H groups in total. The summed E-state index contributed by atoms with van der Waals surface area (Å²) in [5.41, 5.74) is 0.175. The van der Waals surface area contributed by atoms with Crippen LogP contribution in [0.5, 0.6) is 0 Å². The van der Waals surface area contributed by atoms with Crippen molar-refractivity contribution in [3.63, 3.8) is 0 Å². The Hall–Kier alpha value is -1.30. The minimum absolute atomic E-state index is 0.113. The van der Waals surface area contributed by atoms with Gasteiger partial charge in [-0.05, 0) is 63.4 Å². The van der Waals surface area contributed by atoms with Gasteiger partial charge in [-0.1, -0.05) is 0 Å². The highest BCUT2D eigenvalue weighted by Crippen LogP contribution is 2.39. The van der Waals surface area contributed by atoms with Gasteiger partial charge in [0.1, 0.15) is 5.82 Å². The number of piperidine rings is 1. The van der Waals surface area contributed by atoms with E-state index in [9.17, 15) is 13.2 Å². The van der Waals surface area contributed by atoms with E-state index in [1.54, 1.807) is 11.1 Å². The summed E-state index contributed by atoms with van der Waals surface area (Å²) in [4.78, 5) is 8.19. The van der Waals surface area contributed by atoms with Crippen LogP contribution < -0.4 is 4.90 Å². The Balaban J connectivity index is 1.90. The van der Waals surface area contributed by atoms with Crippen molar-refractivity contribution in [3.8, 4) is 0 Å². The highest BCUT2D eigenvalue weighted by Gasteiger charge is 2.37. The molecule has 0 unspecified atom stereocenters. The standard InChI is InChI=1S/C16H22F3N3/c1-21-8-4-12(5-9-21)13-10-14(16(17,18)19)15(20-11-13)22-6-2-3-7-22/h10-12H,2-9H2,1H3. The molecule has 3 rings (SSSR count). The van der Waals surface area contributed by atoms with Gasteiger partial charge in [0, 0.05) is 19.3 Å². The van der Waals surface area contributed by atoms with Crippen LogP contribution in [0, 0.1) is 0 Å². The van der Waals surface area contributed by atoms with Crippen LogP contribution in [0.1, 0.15) is 42.7 Å². The summed E-state index contributed by atoms with van der Waals surface area (Å²) in [6.07, 6.45) is 1.01. The second-order valence-electron chi connectivity index (χ2n) is 6.41. The van der Waals surface area contributed by atoms with Crippen LogP contribution >= 0.6 is 0 Å². The first-order valence-electron chi connectivity index (χ1n) is 7.96. The summed E-state index contributed by atoms with van der Waals surface area (Å²) in [7, 11) is 2.05. The second kappa shape index (κ2) is 6.07. The predicted molar refractivity (Wildman–Crippen MR) is 80.2 cm³/mol. The fourth-order valence-electron chi connectivity index (χ4n) is 3.43. The Morgan fingerprint density at radius 2 is 1.73 bits per heavy atom. The fourth-order valence-corrected chi connectivity index (χ4v) is 3.43. The van der Waals surface area contributed by atoms with Crippen molar-refractivity contribution in [3.05, 3.63) is 23.4 Å². The molecule has 122 valence electrons. The number of hydrogen-bond acceptors (Lipinski definition) is 3. The lowest BCUT2D eigenvalue weighted by atomic mass is 9.90. The maximum Gasteiger partial charge on any atom is 0.419 e. The second-order valence-corrected chi connectivity index (χ2v) is 6.41. The zero-order chi connectivity index (χ0) is 15.7. The molecule has 2 aliphatic rings. The molecule has 0 aliphatic carbocycles. The van der Waals surface area contributed by atoms with Crippen LogP contribution in [0.4, 0.5) is 19.0 Å². The van der Waals surface area contributed by atoms with Gasteiger partial charge in [0.15, 0.2) is 0 Å². The molecule has 3 nitrogen and oxygen atoms in total. The van der Waals surface area contributed by atoms with Crippen molar-refractivity contribution >= 4 is 5.82 Å². The largest absolute Gasteiger partial charge is 0.419 e. The summed E-state index contributed by atoms with van der Waals surface area (Å²) in [5, 5.41) is 0. The Morgan fingerprint density at radius 1 is 1.09 bits per heavy atom. The highest BCUT2D eigenvalue weighted by molar-refractivity contribution is 5.51. The number of alkyl halides is 3. The van der Waals surface area contributed by atoms with E-state index < -0.39 is 11.7 Å². The first kappa shape index (κ1) is 15.6. The van der Waals surface area contributed by atoms with Crippen LogP contribution in [-0.2, 0) is 6.18 Å². The molecule has 1 aromatic heterocycles. The van der Waals surface area contributed by atoms with Crippen LogP contribution in [0.15, 0.2) is 12.3 Å². The van der Waals surface area contributed by atoms with Gasteiger partial charge in [0.2, 0.25) is 0 Å². The lowest BCUT2D eigenvalue weighted by Crippen LogP contribution is -2.29. The molecular formula is C16H22F3N3. The van der Waals surface area contributed by atoms with Gasteiger partial charge in [-0.15, -0.1) is 0 Å². The van der Waals surface area contributed by atoms with Gasteiger partial charge in [-0.25, -0.2) is 4.98 Å². The van der Waals surface area contributed by atoms with Gasteiger partial charge < -0.3 is 9.80 Å². The first-order valence-corrected chi connectivity index (χ1v) is 7.96. The molecule has 6 heteroatoms. The first-order chi connectivity index (χ1) is 10.4. The number of aromatic nitrogens is 1. The van der Waals surface area contributed by atoms with Crippen molar-refractivity contribution in [1.82, 2.24) is 9.88 Å². The van der Waals surface area contributed by atoms with Gasteiger partial charge in [0.05, 0.1) is 5.56 Å². The van der Waals surface area contributed by atoms with Gasteiger partial charge in [-0.2, -0.15) is 13.2 Å². The molecule has 3 heterocycles. The zero-order valence-corrected chi connectivity index (χ0v) is 12.9. The minimum Gasteiger partial charge on any atom is -0.356 e. The van der Waals surface area contributed by atoms with E-state index in [-0.39, 0.29) is 11.7 Å². The Morgan fingerprint density at radius 3 is 2.32 bits per heavy atom. The third-order valence-corrected chi connectivity index (χ3v) is 4.79. The molecule has 22 heavy (non-hydrogen) atoms. The molecule has 2 aliphatic heterocycles. The number of likely N-dealkylation sites (tertiary alicyclic amines) is 1. The average molecular weight is 313 g/mol.